The number of carbonyl (C=O) groups is 2. The average molecular weight is 408 g/mol. The standard InChI is InChI=1S/C19H22ClN3O3S/c1-23(2)19(25)27-15-7-5-14(6-8-15)22-18(24)10-11-21-16-12-13(20)4-9-17(16)26-3/h4-9,12,21H,10-11H2,1-3H3,(H,22,24). The van der Waals surface area contributed by atoms with E-state index in [1.165, 1.54) is 4.90 Å². The lowest BCUT2D eigenvalue weighted by atomic mass is 10.2. The summed E-state index contributed by atoms with van der Waals surface area (Å²) >= 11 is 7.12. The lowest BCUT2D eigenvalue weighted by Crippen LogP contribution is -2.16. The van der Waals surface area contributed by atoms with Crippen LogP contribution in [-0.4, -0.2) is 43.8 Å². The molecule has 0 heterocycles. The third kappa shape index (κ3) is 6.69. The first-order valence-electron chi connectivity index (χ1n) is 8.25. The molecule has 0 saturated heterocycles. The van der Waals surface area contributed by atoms with Crippen LogP contribution < -0.4 is 15.4 Å². The second-order valence-corrected chi connectivity index (χ2v) is 7.32. The molecule has 2 amide bonds. The third-order valence-corrected chi connectivity index (χ3v) is 4.82. The number of benzene rings is 2. The van der Waals surface area contributed by atoms with Crippen LogP contribution in [0.25, 0.3) is 0 Å². The normalized spacial score (nSPS) is 10.2. The molecule has 144 valence electrons. The van der Waals surface area contributed by atoms with E-state index in [2.05, 4.69) is 10.6 Å². The summed E-state index contributed by atoms with van der Waals surface area (Å²) in [5.41, 5.74) is 1.42. The van der Waals surface area contributed by atoms with Crippen LogP contribution in [0.5, 0.6) is 5.75 Å². The van der Waals surface area contributed by atoms with Gasteiger partial charge in [-0.05, 0) is 54.2 Å². The fraction of sp³-hybridized carbons (Fsp3) is 0.263. The quantitative estimate of drug-likeness (QED) is 0.658. The predicted molar refractivity (Wildman–Crippen MR) is 111 cm³/mol. The number of anilines is 2. The zero-order valence-corrected chi connectivity index (χ0v) is 17.0. The van der Waals surface area contributed by atoms with Crippen molar-refractivity contribution < 1.29 is 14.3 Å². The zero-order chi connectivity index (χ0) is 19.8. The number of hydrogen-bond donors (Lipinski definition) is 2. The molecule has 0 radical (unpaired) electrons. The minimum atomic E-state index is -0.117. The Hall–Kier alpha value is -2.38. The molecule has 2 aromatic carbocycles. The van der Waals surface area contributed by atoms with Crippen LogP contribution in [0.2, 0.25) is 5.02 Å². The Morgan fingerprint density at radius 2 is 1.85 bits per heavy atom. The van der Waals surface area contributed by atoms with Crippen molar-refractivity contribution in [3.63, 3.8) is 0 Å². The van der Waals surface area contributed by atoms with Crippen LogP contribution in [0, 0.1) is 0 Å². The summed E-state index contributed by atoms with van der Waals surface area (Å²) in [6, 6.07) is 12.4. The summed E-state index contributed by atoms with van der Waals surface area (Å²) in [6.45, 7) is 0.438. The number of ether oxygens (including phenoxy) is 1. The zero-order valence-electron chi connectivity index (χ0n) is 15.4. The first kappa shape index (κ1) is 20.9. The van der Waals surface area contributed by atoms with Gasteiger partial charge in [0.1, 0.15) is 5.75 Å². The van der Waals surface area contributed by atoms with Gasteiger partial charge in [-0.3, -0.25) is 9.59 Å². The van der Waals surface area contributed by atoms with E-state index in [1.807, 2.05) is 0 Å². The molecule has 0 saturated carbocycles. The molecular formula is C19H22ClN3O3S. The van der Waals surface area contributed by atoms with Gasteiger partial charge in [0, 0.05) is 42.7 Å². The van der Waals surface area contributed by atoms with Crippen LogP contribution in [0.3, 0.4) is 0 Å². The molecule has 0 aliphatic carbocycles. The molecule has 0 unspecified atom stereocenters. The van der Waals surface area contributed by atoms with E-state index >= 15 is 0 Å². The Morgan fingerprint density at radius 3 is 2.48 bits per heavy atom. The Bertz CT molecular complexity index is 797. The molecule has 6 nitrogen and oxygen atoms in total. The van der Waals surface area contributed by atoms with Gasteiger partial charge in [0.25, 0.3) is 5.24 Å². The maximum atomic E-state index is 12.1. The highest BCUT2D eigenvalue weighted by atomic mass is 35.5. The summed E-state index contributed by atoms with van der Waals surface area (Å²) in [5.74, 6) is 0.549. The third-order valence-electron chi connectivity index (χ3n) is 3.54. The first-order valence-corrected chi connectivity index (χ1v) is 9.45. The van der Waals surface area contributed by atoms with Crippen molar-refractivity contribution in [2.75, 3.05) is 38.4 Å². The van der Waals surface area contributed by atoms with Gasteiger partial charge < -0.3 is 20.3 Å². The number of nitrogens with one attached hydrogen (secondary N) is 2. The largest absolute Gasteiger partial charge is 0.495 e. The number of nitrogens with zero attached hydrogens (tertiary/aromatic N) is 1. The van der Waals surface area contributed by atoms with Crippen LogP contribution in [-0.2, 0) is 4.79 Å². The van der Waals surface area contributed by atoms with E-state index in [9.17, 15) is 9.59 Å². The van der Waals surface area contributed by atoms with Crippen molar-refractivity contribution in [1.29, 1.82) is 0 Å². The fourth-order valence-electron chi connectivity index (χ4n) is 2.15. The van der Waals surface area contributed by atoms with E-state index < -0.39 is 0 Å². The molecular weight excluding hydrogens is 386 g/mol. The van der Waals surface area contributed by atoms with Crippen molar-refractivity contribution >= 4 is 45.9 Å². The van der Waals surface area contributed by atoms with E-state index in [1.54, 1.807) is 63.7 Å². The molecule has 0 aliphatic rings. The lowest BCUT2D eigenvalue weighted by molar-refractivity contribution is -0.115. The van der Waals surface area contributed by atoms with Crippen molar-refractivity contribution in [3.05, 3.63) is 47.5 Å². The summed E-state index contributed by atoms with van der Waals surface area (Å²) in [5, 5.41) is 6.52. The number of amides is 2. The minimum absolute atomic E-state index is 0.0469. The lowest BCUT2D eigenvalue weighted by Gasteiger charge is -2.12. The van der Waals surface area contributed by atoms with Crippen LogP contribution in [0.4, 0.5) is 16.2 Å². The second-order valence-electron chi connectivity index (χ2n) is 5.86. The molecule has 0 spiro atoms. The van der Waals surface area contributed by atoms with Gasteiger partial charge in [-0.1, -0.05) is 11.6 Å². The Labute approximate surface area is 168 Å². The molecule has 0 bridgehead atoms. The molecule has 27 heavy (non-hydrogen) atoms. The van der Waals surface area contributed by atoms with E-state index in [0.29, 0.717) is 23.0 Å². The van der Waals surface area contributed by atoms with E-state index in [4.69, 9.17) is 16.3 Å². The van der Waals surface area contributed by atoms with Crippen LogP contribution >= 0.6 is 23.4 Å². The second kappa shape index (κ2) is 10.1. The molecule has 2 N–H and O–H groups in total. The number of thioether (sulfide) groups is 1. The van der Waals surface area contributed by atoms with E-state index in [0.717, 1.165) is 22.3 Å². The molecule has 0 atom stereocenters. The highest BCUT2D eigenvalue weighted by molar-refractivity contribution is 8.13. The van der Waals surface area contributed by atoms with Gasteiger partial charge in [0.05, 0.1) is 12.8 Å². The van der Waals surface area contributed by atoms with Crippen molar-refractivity contribution in [2.24, 2.45) is 0 Å². The monoisotopic (exact) mass is 407 g/mol. The number of halogens is 1. The van der Waals surface area contributed by atoms with Gasteiger partial charge in [0.15, 0.2) is 0 Å². The number of rotatable bonds is 7. The van der Waals surface area contributed by atoms with Crippen molar-refractivity contribution in [2.45, 2.75) is 11.3 Å². The molecule has 8 heteroatoms. The van der Waals surface area contributed by atoms with Gasteiger partial charge in [-0.25, -0.2) is 0 Å². The Morgan fingerprint density at radius 1 is 1.15 bits per heavy atom. The molecule has 0 aromatic heterocycles. The van der Waals surface area contributed by atoms with Crippen LogP contribution in [0.1, 0.15) is 6.42 Å². The summed E-state index contributed by atoms with van der Waals surface area (Å²) in [4.78, 5) is 26.1. The molecule has 2 aromatic rings. The summed E-state index contributed by atoms with van der Waals surface area (Å²) < 4.78 is 5.26. The minimum Gasteiger partial charge on any atom is -0.495 e. The van der Waals surface area contributed by atoms with Gasteiger partial charge in [0.2, 0.25) is 5.91 Å². The molecule has 2 rings (SSSR count). The average Bonchev–Trinajstić information content (AvgIpc) is 2.63. The maximum absolute atomic E-state index is 12.1. The fourth-order valence-corrected chi connectivity index (χ4v) is 2.98. The number of hydrogen-bond acceptors (Lipinski definition) is 5. The SMILES string of the molecule is COc1ccc(Cl)cc1NCCC(=O)Nc1ccc(SC(=O)N(C)C)cc1. The van der Waals surface area contributed by atoms with Crippen LogP contribution in [0.15, 0.2) is 47.4 Å². The van der Waals surface area contributed by atoms with Gasteiger partial charge in [-0.15, -0.1) is 0 Å². The number of carbonyl (C=O) groups excluding carboxylic acids is 2. The highest BCUT2D eigenvalue weighted by Gasteiger charge is 2.08. The Balaban J connectivity index is 1.82. The van der Waals surface area contributed by atoms with Gasteiger partial charge in [-0.2, -0.15) is 0 Å². The van der Waals surface area contributed by atoms with E-state index in [-0.39, 0.29) is 17.6 Å². The Kier molecular flexibility index (Phi) is 7.82. The molecule has 0 fully saturated rings. The highest BCUT2D eigenvalue weighted by Crippen LogP contribution is 2.27. The smallest absolute Gasteiger partial charge is 0.285 e. The number of methoxy groups -OCH3 is 1. The predicted octanol–water partition coefficient (Wildman–Crippen LogP) is 4.56. The summed E-state index contributed by atoms with van der Waals surface area (Å²) in [6.07, 6.45) is 0.283. The first-order chi connectivity index (χ1) is 12.9. The topological polar surface area (TPSA) is 70.7 Å². The van der Waals surface area contributed by atoms with Gasteiger partial charge >= 0.3 is 0 Å². The summed E-state index contributed by atoms with van der Waals surface area (Å²) in [7, 11) is 4.99. The molecule has 0 aliphatic heterocycles. The van der Waals surface area contributed by atoms with Crippen molar-refractivity contribution in [1.82, 2.24) is 4.90 Å². The van der Waals surface area contributed by atoms with Crippen molar-refractivity contribution in [3.8, 4) is 5.75 Å². The maximum Gasteiger partial charge on any atom is 0.285 e.